The summed E-state index contributed by atoms with van der Waals surface area (Å²) in [4.78, 5) is 2.84. The molecule has 1 atom stereocenters. The van der Waals surface area contributed by atoms with E-state index in [-0.39, 0.29) is 0 Å². The molecule has 1 heterocycles. The summed E-state index contributed by atoms with van der Waals surface area (Å²) in [6.07, 6.45) is 6.80. The first-order valence-corrected chi connectivity index (χ1v) is 8.49. The van der Waals surface area contributed by atoms with Gasteiger partial charge in [-0.15, -0.1) is 0 Å². The normalized spacial score (nSPS) is 29.7. The van der Waals surface area contributed by atoms with Crippen molar-refractivity contribution in [2.45, 2.75) is 78.3 Å². The van der Waals surface area contributed by atoms with Gasteiger partial charge in [-0.05, 0) is 43.4 Å². The second kappa shape index (κ2) is 5.73. The minimum atomic E-state index is 0.370. The van der Waals surface area contributed by atoms with E-state index in [0.29, 0.717) is 11.0 Å². The van der Waals surface area contributed by atoms with Gasteiger partial charge >= 0.3 is 0 Å². The lowest BCUT2D eigenvalue weighted by atomic mass is 9.85. The molecule has 2 fully saturated rings. The van der Waals surface area contributed by atoms with Crippen molar-refractivity contribution in [3.63, 3.8) is 0 Å². The molecule has 1 unspecified atom stereocenters. The second-order valence-electron chi connectivity index (χ2n) is 7.44. The largest absolute Gasteiger partial charge is 0.308 e. The average Bonchev–Trinajstić information content (AvgIpc) is 3.18. The smallest absolute Gasteiger partial charge is 0.0304 e. The molecular weight excluding hydrogens is 232 g/mol. The van der Waals surface area contributed by atoms with Crippen LogP contribution in [0.15, 0.2) is 0 Å². The Morgan fingerprint density at radius 1 is 1.11 bits per heavy atom. The van der Waals surface area contributed by atoms with Crippen molar-refractivity contribution < 1.29 is 0 Å². The molecule has 1 aliphatic heterocycles. The van der Waals surface area contributed by atoms with Crippen LogP contribution in [0.4, 0.5) is 0 Å². The minimum absolute atomic E-state index is 0.370. The summed E-state index contributed by atoms with van der Waals surface area (Å²) in [5, 5.41) is 3.88. The maximum atomic E-state index is 3.88. The summed E-state index contributed by atoms with van der Waals surface area (Å²) in [7, 11) is 0. The molecule has 1 N–H and O–H groups in total. The molecule has 0 radical (unpaired) electrons. The number of piperazine rings is 1. The molecule has 1 saturated carbocycles. The third kappa shape index (κ3) is 3.16. The summed E-state index contributed by atoms with van der Waals surface area (Å²) in [6, 6.07) is 0.732. The van der Waals surface area contributed by atoms with Crippen LogP contribution in [0.25, 0.3) is 0 Å². The second-order valence-corrected chi connectivity index (χ2v) is 7.44. The molecule has 0 amide bonds. The third-order valence-corrected chi connectivity index (χ3v) is 6.03. The fourth-order valence-corrected chi connectivity index (χ4v) is 3.80. The molecule has 112 valence electrons. The van der Waals surface area contributed by atoms with Crippen LogP contribution in [0.2, 0.25) is 0 Å². The van der Waals surface area contributed by atoms with E-state index in [1.54, 1.807) is 0 Å². The van der Waals surface area contributed by atoms with Gasteiger partial charge in [-0.3, -0.25) is 4.90 Å². The highest BCUT2D eigenvalue weighted by Gasteiger charge is 2.46. The zero-order chi connectivity index (χ0) is 14.1. The molecule has 0 aromatic heterocycles. The number of hydrogen-bond acceptors (Lipinski definition) is 2. The van der Waals surface area contributed by atoms with Crippen molar-refractivity contribution in [1.82, 2.24) is 10.2 Å². The summed E-state index contributed by atoms with van der Waals surface area (Å²) in [5.74, 6) is 0.756. The molecule has 0 bridgehead atoms. The Bertz CT molecular complexity index is 290. The van der Waals surface area contributed by atoms with Crippen LogP contribution in [0.3, 0.4) is 0 Å². The monoisotopic (exact) mass is 266 g/mol. The van der Waals surface area contributed by atoms with Crippen LogP contribution in [-0.4, -0.2) is 36.1 Å². The lowest BCUT2D eigenvalue weighted by molar-refractivity contribution is 0.0340. The lowest BCUT2D eigenvalue weighted by Gasteiger charge is -2.50. The molecule has 0 spiro atoms. The average molecular weight is 266 g/mol. The summed E-state index contributed by atoms with van der Waals surface area (Å²) in [5.41, 5.74) is 1.05. The number of rotatable bonds is 6. The quantitative estimate of drug-likeness (QED) is 0.789. The molecule has 2 nitrogen and oxygen atoms in total. The van der Waals surface area contributed by atoms with E-state index in [0.717, 1.165) is 12.0 Å². The van der Waals surface area contributed by atoms with Gasteiger partial charge in [-0.25, -0.2) is 0 Å². The predicted molar refractivity (Wildman–Crippen MR) is 83.5 cm³/mol. The summed E-state index contributed by atoms with van der Waals surface area (Å²) in [6.45, 7) is 15.6. The van der Waals surface area contributed by atoms with Gasteiger partial charge in [0.2, 0.25) is 0 Å². The molecule has 1 aliphatic carbocycles. The molecule has 0 aromatic carbocycles. The highest BCUT2D eigenvalue weighted by molar-refractivity contribution is 5.02. The van der Waals surface area contributed by atoms with E-state index in [1.807, 2.05) is 0 Å². The highest BCUT2D eigenvalue weighted by atomic mass is 15.3. The van der Waals surface area contributed by atoms with Gasteiger partial charge in [0.1, 0.15) is 0 Å². The van der Waals surface area contributed by atoms with Gasteiger partial charge in [-0.1, -0.05) is 34.6 Å². The number of nitrogens with one attached hydrogen (secondary N) is 1. The van der Waals surface area contributed by atoms with Crippen LogP contribution in [-0.2, 0) is 0 Å². The lowest BCUT2D eigenvalue weighted by Crippen LogP contribution is -2.65. The van der Waals surface area contributed by atoms with E-state index >= 15 is 0 Å². The van der Waals surface area contributed by atoms with Gasteiger partial charge in [0, 0.05) is 31.2 Å². The van der Waals surface area contributed by atoms with Gasteiger partial charge in [0.25, 0.3) is 0 Å². The Balaban J connectivity index is 2.08. The highest BCUT2D eigenvalue weighted by Crippen LogP contribution is 2.50. The Morgan fingerprint density at radius 2 is 1.74 bits per heavy atom. The summed E-state index contributed by atoms with van der Waals surface area (Å²) < 4.78 is 0. The predicted octanol–water partition coefficient (Wildman–Crippen LogP) is 3.67. The Morgan fingerprint density at radius 3 is 2.16 bits per heavy atom. The molecule has 2 heteroatoms. The standard InChI is InChI=1S/C17H34N2/c1-6-16(9-10-16)12-19-13-17(7-2,8-3)18-11-15(19)14(4)5/h14-15,18H,6-13H2,1-5H3. The minimum Gasteiger partial charge on any atom is -0.308 e. The van der Waals surface area contributed by atoms with Crippen molar-refractivity contribution in [2.75, 3.05) is 19.6 Å². The van der Waals surface area contributed by atoms with Gasteiger partial charge in [0.15, 0.2) is 0 Å². The van der Waals surface area contributed by atoms with Crippen LogP contribution in [0.5, 0.6) is 0 Å². The molecule has 1 saturated heterocycles. The topological polar surface area (TPSA) is 15.3 Å². The van der Waals surface area contributed by atoms with Crippen molar-refractivity contribution in [3.8, 4) is 0 Å². The van der Waals surface area contributed by atoms with Crippen LogP contribution in [0, 0.1) is 11.3 Å². The van der Waals surface area contributed by atoms with Crippen molar-refractivity contribution in [3.05, 3.63) is 0 Å². The fourth-order valence-electron chi connectivity index (χ4n) is 3.80. The van der Waals surface area contributed by atoms with Gasteiger partial charge < -0.3 is 5.32 Å². The van der Waals surface area contributed by atoms with Crippen molar-refractivity contribution in [1.29, 1.82) is 0 Å². The van der Waals surface area contributed by atoms with Crippen molar-refractivity contribution in [2.24, 2.45) is 11.3 Å². The van der Waals surface area contributed by atoms with Crippen LogP contribution >= 0.6 is 0 Å². The number of hydrogen-bond donors (Lipinski definition) is 1. The van der Waals surface area contributed by atoms with E-state index in [2.05, 4.69) is 44.8 Å². The van der Waals surface area contributed by atoms with E-state index < -0.39 is 0 Å². The molecule has 0 aromatic rings. The van der Waals surface area contributed by atoms with E-state index in [4.69, 9.17) is 0 Å². The van der Waals surface area contributed by atoms with Gasteiger partial charge in [-0.2, -0.15) is 0 Å². The third-order valence-electron chi connectivity index (χ3n) is 6.03. The fraction of sp³-hybridized carbons (Fsp3) is 1.00. The maximum Gasteiger partial charge on any atom is 0.0304 e. The molecule has 2 rings (SSSR count). The first kappa shape index (κ1) is 15.3. The van der Waals surface area contributed by atoms with E-state index in [1.165, 1.54) is 51.7 Å². The van der Waals surface area contributed by atoms with Crippen LogP contribution in [0.1, 0.15) is 66.7 Å². The number of nitrogens with zero attached hydrogens (tertiary/aromatic N) is 1. The van der Waals surface area contributed by atoms with Gasteiger partial charge in [0.05, 0.1) is 0 Å². The zero-order valence-electron chi connectivity index (χ0n) is 13.8. The van der Waals surface area contributed by atoms with Crippen molar-refractivity contribution >= 4 is 0 Å². The molecule has 19 heavy (non-hydrogen) atoms. The Hall–Kier alpha value is -0.0800. The molecule has 2 aliphatic rings. The zero-order valence-corrected chi connectivity index (χ0v) is 13.8. The summed E-state index contributed by atoms with van der Waals surface area (Å²) >= 11 is 0. The Kier molecular flexibility index (Phi) is 4.62. The van der Waals surface area contributed by atoms with E-state index in [9.17, 15) is 0 Å². The SMILES string of the molecule is CCC1(CN2CC(CC)(CC)NCC2C(C)C)CC1. The maximum absolute atomic E-state index is 3.88. The Labute approximate surface area is 120 Å². The van der Waals surface area contributed by atoms with Crippen LogP contribution < -0.4 is 5.32 Å². The molecular formula is C17H34N2. The first-order valence-electron chi connectivity index (χ1n) is 8.49. The first-order chi connectivity index (χ1) is 9.00.